The largest absolute Gasteiger partial charge is 0.375 e. The molecule has 0 saturated heterocycles. The molecule has 3 N–H and O–H groups in total. The fraction of sp³-hybridized carbons (Fsp3) is 0.692. The van der Waals surface area contributed by atoms with E-state index in [9.17, 15) is 4.79 Å². The minimum atomic E-state index is 0.0693. The monoisotopic (exact) mass is 267 g/mol. The summed E-state index contributed by atoms with van der Waals surface area (Å²) in [6.45, 7) is 2.29. The summed E-state index contributed by atoms with van der Waals surface area (Å²) in [4.78, 5) is 16.0. The highest BCUT2D eigenvalue weighted by molar-refractivity contribution is 7.13. The number of nitrogens with one attached hydrogen (secondary N) is 1. The quantitative estimate of drug-likeness (QED) is 0.826. The molecule has 18 heavy (non-hydrogen) atoms. The van der Waals surface area contributed by atoms with Gasteiger partial charge in [0.1, 0.15) is 0 Å². The summed E-state index contributed by atoms with van der Waals surface area (Å²) in [5, 5.41) is 5.50. The van der Waals surface area contributed by atoms with Gasteiger partial charge in [-0.25, -0.2) is 4.98 Å². The van der Waals surface area contributed by atoms with Crippen molar-refractivity contribution >= 4 is 22.4 Å². The van der Waals surface area contributed by atoms with Crippen LogP contribution in [0.1, 0.15) is 44.7 Å². The molecule has 1 aliphatic carbocycles. The van der Waals surface area contributed by atoms with Crippen LogP contribution in [0.3, 0.4) is 0 Å². The first kappa shape index (κ1) is 13.3. The average Bonchev–Trinajstić information content (AvgIpc) is 2.59. The van der Waals surface area contributed by atoms with Gasteiger partial charge in [0.2, 0.25) is 5.91 Å². The first-order valence-electron chi connectivity index (χ1n) is 6.62. The smallest absolute Gasteiger partial charge is 0.226 e. The van der Waals surface area contributed by atoms with Crippen LogP contribution >= 0.6 is 11.3 Å². The Morgan fingerprint density at radius 1 is 1.50 bits per heavy atom. The fourth-order valence-electron chi connectivity index (χ4n) is 2.48. The summed E-state index contributed by atoms with van der Waals surface area (Å²) in [5.41, 5.74) is 6.33. The summed E-state index contributed by atoms with van der Waals surface area (Å²) >= 11 is 1.38. The lowest BCUT2D eigenvalue weighted by molar-refractivity contribution is -0.121. The van der Waals surface area contributed by atoms with E-state index in [-0.39, 0.29) is 5.91 Å². The van der Waals surface area contributed by atoms with E-state index < -0.39 is 0 Å². The minimum Gasteiger partial charge on any atom is -0.375 e. The van der Waals surface area contributed by atoms with Gasteiger partial charge in [-0.3, -0.25) is 4.79 Å². The molecule has 1 amide bonds. The van der Waals surface area contributed by atoms with Crippen molar-refractivity contribution in [3.63, 3.8) is 0 Å². The summed E-state index contributed by atoms with van der Waals surface area (Å²) < 4.78 is 0. The van der Waals surface area contributed by atoms with E-state index in [1.54, 1.807) is 0 Å². The number of thiazole rings is 1. The van der Waals surface area contributed by atoms with Crippen molar-refractivity contribution in [3.8, 4) is 0 Å². The van der Waals surface area contributed by atoms with Crippen molar-refractivity contribution in [1.82, 2.24) is 10.3 Å². The van der Waals surface area contributed by atoms with E-state index in [0.29, 0.717) is 17.6 Å². The maximum absolute atomic E-state index is 11.9. The van der Waals surface area contributed by atoms with Crippen molar-refractivity contribution in [2.75, 3.05) is 5.73 Å². The van der Waals surface area contributed by atoms with Gasteiger partial charge in [0.05, 0.1) is 12.1 Å². The Hall–Kier alpha value is -1.10. The molecule has 1 aromatic rings. The van der Waals surface area contributed by atoms with Gasteiger partial charge in [0.15, 0.2) is 5.13 Å². The number of aromatic nitrogens is 1. The van der Waals surface area contributed by atoms with Crippen molar-refractivity contribution < 1.29 is 4.79 Å². The summed E-state index contributed by atoms with van der Waals surface area (Å²) in [6, 6.07) is 0.346. The molecule has 2 atom stereocenters. The molecule has 0 radical (unpaired) electrons. The van der Waals surface area contributed by atoms with E-state index in [0.717, 1.165) is 24.5 Å². The van der Waals surface area contributed by atoms with E-state index in [4.69, 9.17) is 5.73 Å². The maximum atomic E-state index is 11.9. The molecule has 2 rings (SSSR count). The molecule has 100 valence electrons. The SMILES string of the molecule is CC1CCCC(NC(=O)Cc2csc(N)n2)CC1. The maximum Gasteiger partial charge on any atom is 0.226 e. The van der Waals surface area contributed by atoms with Crippen LogP contribution in [-0.4, -0.2) is 16.9 Å². The number of rotatable bonds is 3. The molecule has 1 aromatic heterocycles. The lowest BCUT2D eigenvalue weighted by Gasteiger charge is -2.15. The molecule has 1 heterocycles. The predicted octanol–water partition coefficient (Wildman–Crippen LogP) is 2.35. The predicted molar refractivity (Wildman–Crippen MR) is 74.4 cm³/mol. The normalized spacial score (nSPS) is 24.5. The van der Waals surface area contributed by atoms with Gasteiger partial charge < -0.3 is 11.1 Å². The van der Waals surface area contributed by atoms with Gasteiger partial charge >= 0.3 is 0 Å². The number of carbonyl (C=O) groups is 1. The molecule has 2 unspecified atom stereocenters. The molecular weight excluding hydrogens is 246 g/mol. The van der Waals surface area contributed by atoms with Crippen molar-refractivity contribution in [2.24, 2.45) is 5.92 Å². The van der Waals surface area contributed by atoms with Crippen LogP contribution in [0, 0.1) is 5.92 Å². The third-order valence-electron chi connectivity index (χ3n) is 3.53. The van der Waals surface area contributed by atoms with Crippen LogP contribution in [0.4, 0.5) is 5.13 Å². The number of nitrogens with two attached hydrogens (primary N) is 1. The zero-order valence-electron chi connectivity index (χ0n) is 10.8. The van der Waals surface area contributed by atoms with Crippen molar-refractivity contribution in [1.29, 1.82) is 0 Å². The van der Waals surface area contributed by atoms with Gasteiger partial charge in [-0.1, -0.05) is 19.8 Å². The number of carbonyl (C=O) groups excluding carboxylic acids is 1. The number of nitrogen functional groups attached to an aromatic ring is 1. The van der Waals surface area contributed by atoms with Crippen LogP contribution in [0.2, 0.25) is 0 Å². The lowest BCUT2D eigenvalue weighted by Crippen LogP contribution is -2.35. The van der Waals surface area contributed by atoms with E-state index >= 15 is 0 Å². The molecule has 1 fully saturated rings. The Balaban J connectivity index is 1.80. The molecule has 0 aliphatic heterocycles. The van der Waals surface area contributed by atoms with E-state index in [1.165, 1.54) is 30.6 Å². The average molecular weight is 267 g/mol. The number of nitrogens with zero attached hydrogens (tertiary/aromatic N) is 1. The van der Waals surface area contributed by atoms with Crippen LogP contribution < -0.4 is 11.1 Å². The second-order valence-electron chi connectivity index (χ2n) is 5.23. The van der Waals surface area contributed by atoms with E-state index in [1.807, 2.05) is 5.38 Å². The van der Waals surface area contributed by atoms with Gasteiger partial charge in [-0.2, -0.15) is 0 Å². The Morgan fingerprint density at radius 3 is 3.06 bits per heavy atom. The third-order valence-corrected chi connectivity index (χ3v) is 4.26. The van der Waals surface area contributed by atoms with Gasteiger partial charge in [0.25, 0.3) is 0 Å². The number of hydrogen-bond acceptors (Lipinski definition) is 4. The number of hydrogen-bond donors (Lipinski definition) is 2. The summed E-state index contributed by atoms with van der Waals surface area (Å²) in [7, 11) is 0. The zero-order chi connectivity index (χ0) is 13.0. The summed E-state index contributed by atoms with van der Waals surface area (Å²) in [6.07, 6.45) is 6.28. The Kier molecular flexibility index (Phi) is 4.58. The molecule has 0 aromatic carbocycles. The topological polar surface area (TPSA) is 68.0 Å². The van der Waals surface area contributed by atoms with Crippen LogP contribution in [0.5, 0.6) is 0 Å². The highest BCUT2D eigenvalue weighted by Crippen LogP contribution is 2.22. The molecule has 0 bridgehead atoms. The Morgan fingerprint density at radius 2 is 2.33 bits per heavy atom. The van der Waals surface area contributed by atoms with Crippen molar-refractivity contribution in [2.45, 2.75) is 51.5 Å². The Bertz CT molecular complexity index is 405. The molecule has 1 aliphatic rings. The van der Waals surface area contributed by atoms with Gasteiger partial charge in [-0.15, -0.1) is 11.3 Å². The lowest BCUT2D eigenvalue weighted by atomic mass is 10.0. The third kappa shape index (κ3) is 3.98. The first-order valence-corrected chi connectivity index (χ1v) is 7.50. The van der Waals surface area contributed by atoms with Gasteiger partial charge in [0, 0.05) is 11.4 Å². The molecule has 1 saturated carbocycles. The second kappa shape index (κ2) is 6.18. The first-order chi connectivity index (χ1) is 8.63. The molecule has 0 spiro atoms. The van der Waals surface area contributed by atoms with Gasteiger partial charge in [-0.05, 0) is 25.2 Å². The number of amides is 1. The zero-order valence-corrected chi connectivity index (χ0v) is 11.6. The van der Waals surface area contributed by atoms with Crippen LogP contribution in [0.25, 0.3) is 0 Å². The van der Waals surface area contributed by atoms with Crippen LogP contribution in [-0.2, 0) is 11.2 Å². The minimum absolute atomic E-state index is 0.0693. The van der Waals surface area contributed by atoms with E-state index in [2.05, 4.69) is 17.2 Å². The second-order valence-corrected chi connectivity index (χ2v) is 6.12. The number of anilines is 1. The van der Waals surface area contributed by atoms with Crippen molar-refractivity contribution in [3.05, 3.63) is 11.1 Å². The van der Waals surface area contributed by atoms with Crippen LogP contribution in [0.15, 0.2) is 5.38 Å². The Labute approximate surface area is 112 Å². The highest BCUT2D eigenvalue weighted by atomic mass is 32.1. The fourth-order valence-corrected chi connectivity index (χ4v) is 3.04. The standard InChI is InChI=1S/C13H21N3OS/c1-9-3-2-4-10(6-5-9)15-12(17)7-11-8-18-13(14)16-11/h8-10H,2-7H2,1H3,(H2,14,16)(H,15,17). The molecular formula is C13H21N3OS. The summed E-state index contributed by atoms with van der Waals surface area (Å²) in [5.74, 6) is 0.866. The highest BCUT2D eigenvalue weighted by Gasteiger charge is 2.18. The molecule has 4 nitrogen and oxygen atoms in total. The molecule has 5 heteroatoms.